The molecule has 0 heterocycles. The molecule has 0 bridgehead atoms. The molecule has 2 rings (SSSR count). The van der Waals surface area contributed by atoms with Gasteiger partial charge in [-0.2, -0.15) is 0 Å². The van der Waals surface area contributed by atoms with Gasteiger partial charge in [0.1, 0.15) is 0 Å². The van der Waals surface area contributed by atoms with Crippen LogP contribution in [0.15, 0.2) is 0 Å². The van der Waals surface area contributed by atoms with Crippen LogP contribution in [-0.2, 0) is 0 Å². The van der Waals surface area contributed by atoms with Gasteiger partial charge in [0.05, 0.1) is 0 Å². The molecule has 0 aromatic carbocycles. The molecule has 3 unspecified atom stereocenters. The van der Waals surface area contributed by atoms with E-state index in [4.69, 9.17) is 0 Å². The third-order valence-corrected chi connectivity index (χ3v) is 4.73. The molecule has 2 aliphatic rings. The summed E-state index contributed by atoms with van der Waals surface area (Å²) in [5, 5.41) is 0. The van der Waals surface area contributed by atoms with Crippen molar-refractivity contribution in [3.05, 3.63) is 0 Å². The van der Waals surface area contributed by atoms with Crippen LogP contribution in [0.2, 0.25) is 0 Å². The van der Waals surface area contributed by atoms with Crippen molar-refractivity contribution >= 4 is 0 Å². The topological polar surface area (TPSA) is 0 Å². The Kier molecular flexibility index (Phi) is 2.67. The zero-order valence-corrected chi connectivity index (χ0v) is 9.31. The fourth-order valence-electron chi connectivity index (χ4n) is 3.86. The van der Waals surface area contributed by atoms with Gasteiger partial charge in [-0.3, -0.25) is 0 Å². The van der Waals surface area contributed by atoms with Gasteiger partial charge in [-0.1, -0.05) is 46.0 Å². The lowest BCUT2D eigenvalue weighted by Crippen LogP contribution is -2.36. The molecule has 0 radical (unpaired) electrons. The fourth-order valence-corrected chi connectivity index (χ4v) is 3.86. The third-order valence-electron chi connectivity index (χ3n) is 4.73. The normalized spacial score (nSPS) is 46.6. The average Bonchev–Trinajstić information content (AvgIpc) is 2.11. The van der Waals surface area contributed by atoms with E-state index in [1.807, 2.05) is 0 Å². The molecule has 0 heteroatoms. The van der Waals surface area contributed by atoms with Crippen molar-refractivity contribution in [2.75, 3.05) is 0 Å². The third kappa shape index (κ3) is 1.78. The minimum atomic E-state index is 0.788. The van der Waals surface area contributed by atoms with Crippen molar-refractivity contribution in [2.24, 2.45) is 17.3 Å². The SMILES string of the molecule is CC1CCCC2(CCCCC2C)C1. The molecule has 2 saturated carbocycles. The minimum Gasteiger partial charge on any atom is -0.0625 e. The maximum Gasteiger partial charge on any atom is -0.0269 e. The van der Waals surface area contributed by atoms with Crippen LogP contribution in [0.5, 0.6) is 0 Å². The molecule has 0 aliphatic heterocycles. The van der Waals surface area contributed by atoms with Gasteiger partial charge >= 0.3 is 0 Å². The average molecular weight is 180 g/mol. The molecule has 0 saturated heterocycles. The molecule has 2 fully saturated rings. The van der Waals surface area contributed by atoms with Gasteiger partial charge in [0.15, 0.2) is 0 Å². The molecule has 0 amide bonds. The highest BCUT2D eigenvalue weighted by atomic mass is 14.5. The lowest BCUT2D eigenvalue weighted by molar-refractivity contribution is 0.0367. The molecular weight excluding hydrogens is 156 g/mol. The second kappa shape index (κ2) is 3.63. The Bertz CT molecular complexity index is 169. The first-order valence-electron chi connectivity index (χ1n) is 6.23. The lowest BCUT2D eigenvalue weighted by atomic mass is 9.58. The molecule has 0 aromatic rings. The Hall–Kier alpha value is 0. The molecule has 1 spiro atoms. The second-order valence-corrected chi connectivity index (χ2v) is 5.71. The Balaban J connectivity index is 2.07. The molecule has 0 aromatic heterocycles. The van der Waals surface area contributed by atoms with E-state index in [2.05, 4.69) is 13.8 Å². The molecule has 0 N–H and O–H groups in total. The predicted molar refractivity (Wildman–Crippen MR) is 57.7 cm³/mol. The minimum absolute atomic E-state index is 0.788. The van der Waals surface area contributed by atoms with Gasteiger partial charge in [0.25, 0.3) is 0 Å². The quantitative estimate of drug-likeness (QED) is 0.518. The van der Waals surface area contributed by atoms with Gasteiger partial charge in [0.2, 0.25) is 0 Å². The Morgan fingerprint density at radius 1 is 0.923 bits per heavy atom. The summed E-state index contributed by atoms with van der Waals surface area (Å²) >= 11 is 0. The zero-order chi connectivity index (χ0) is 9.31. The van der Waals surface area contributed by atoms with Crippen LogP contribution in [0.25, 0.3) is 0 Å². The summed E-state index contributed by atoms with van der Waals surface area (Å²) in [4.78, 5) is 0. The van der Waals surface area contributed by atoms with Crippen LogP contribution in [0.4, 0.5) is 0 Å². The van der Waals surface area contributed by atoms with Gasteiger partial charge < -0.3 is 0 Å². The highest BCUT2D eigenvalue weighted by Gasteiger charge is 2.40. The van der Waals surface area contributed by atoms with Gasteiger partial charge in [0, 0.05) is 0 Å². The smallest absolute Gasteiger partial charge is 0.0269 e. The van der Waals surface area contributed by atoms with E-state index in [0.29, 0.717) is 0 Å². The number of rotatable bonds is 0. The molecule has 0 nitrogen and oxygen atoms in total. The Morgan fingerprint density at radius 3 is 2.38 bits per heavy atom. The highest BCUT2D eigenvalue weighted by molar-refractivity contribution is 4.91. The summed E-state index contributed by atoms with van der Waals surface area (Å²) < 4.78 is 0. The first-order chi connectivity index (χ1) is 6.23. The number of hydrogen-bond donors (Lipinski definition) is 0. The summed E-state index contributed by atoms with van der Waals surface area (Å²) in [6.45, 7) is 4.97. The summed E-state index contributed by atoms with van der Waals surface area (Å²) in [7, 11) is 0. The van der Waals surface area contributed by atoms with Crippen molar-refractivity contribution in [3.63, 3.8) is 0 Å². The van der Waals surface area contributed by atoms with E-state index in [1.54, 1.807) is 12.8 Å². The largest absolute Gasteiger partial charge is 0.0625 e. The van der Waals surface area contributed by atoms with Crippen molar-refractivity contribution in [1.82, 2.24) is 0 Å². The van der Waals surface area contributed by atoms with Crippen LogP contribution in [0, 0.1) is 17.3 Å². The first kappa shape index (κ1) is 9.55. The van der Waals surface area contributed by atoms with Crippen molar-refractivity contribution in [3.8, 4) is 0 Å². The summed E-state index contributed by atoms with van der Waals surface area (Å²) in [5.74, 6) is 2.03. The Morgan fingerprint density at radius 2 is 1.69 bits per heavy atom. The second-order valence-electron chi connectivity index (χ2n) is 5.71. The first-order valence-corrected chi connectivity index (χ1v) is 6.23. The Labute approximate surface area is 83.1 Å². The van der Waals surface area contributed by atoms with Crippen LogP contribution in [0.3, 0.4) is 0 Å². The van der Waals surface area contributed by atoms with Crippen LogP contribution in [-0.4, -0.2) is 0 Å². The summed E-state index contributed by atoms with van der Waals surface area (Å²) in [6, 6.07) is 0. The maximum atomic E-state index is 2.51. The standard InChI is InChI=1S/C13H24/c1-11-6-5-9-13(10-11)8-4-3-7-12(13)2/h11-12H,3-10H2,1-2H3. The lowest BCUT2D eigenvalue weighted by Gasteiger charge is -2.47. The zero-order valence-electron chi connectivity index (χ0n) is 9.31. The molecule has 3 atom stereocenters. The van der Waals surface area contributed by atoms with Crippen molar-refractivity contribution in [2.45, 2.75) is 65.2 Å². The van der Waals surface area contributed by atoms with E-state index in [1.165, 1.54) is 38.5 Å². The predicted octanol–water partition coefficient (Wildman–Crippen LogP) is 4.39. The van der Waals surface area contributed by atoms with Crippen molar-refractivity contribution in [1.29, 1.82) is 0 Å². The van der Waals surface area contributed by atoms with E-state index in [0.717, 1.165) is 17.3 Å². The van der Waals surface area contributed by atoms with Crippen LogP contribution < -0.4 is 0 Å². The van der Waals surface area contributed by atoms with Gasteiger partial charge in [-0.25, -0.2) is 0 Å². The molecule has 13 heavy (non-hydrogen) atoms. The molecular formula is C13H24. The summed E-state index contributed by atoms with van der Waals surface area (Å²) in [6.07, 6.45) is 12.1. The molecule has 76 valence electrons. The molecule has 2 aliphatic carbocycles. The van der Waals surface area contributed by atoms with E-state index < -0.39 is 0 Å². The summed E-state index contributed by atoms with van der Waals surface area (Å²) in [5.41, 5.74) is 0.788. The van der Waals surface area contributed by atoms with Crippen LogP contribution >= 0.6 is 0 Å². The van der Waals surface area contributed by atoms with E-state index in [9.17, 15) is 0 Å². The highest BCUT2D eigenvalue weighted by Crippen LogP contribution is 2.52. The number of hydrogen-bond acceptors (Lipinski definition) is 0. The maximum absolute atomic E-state index is 2.51. The van der Waals surface area contributed by atoms with Crippen LogP contribution in [0.1, 0.15) is 65.2 Å². The van der Waals surface area contributed by atoms with Gasteiger partial charge in [-0.05, 0) is 36.5 Å². The monoisotopic (exact) mass is 180 g/mol. The fraction of sp³-hybridized carbons (Fsp3) is 1.00. The van der Waals surface area contributed by atoms with Gasteiger partial charge in [-0.15, -0.1) is 0 Å². The van der Waals surface area contributed by atoms with Crippen molar-refractivity contribution < 1.29 is 0 Å². The van der Waals surface area contributed by atoms with E-state index >= 15 is 0 Å². The van der Waals surface area contributed by atoms with E-state index in [-0.39, 0.29) is 0 Å².